The van der Waals surface area contributed by atoms with E-state index in [0.29, 0.717) is 11.3 Å². The minimum absolute atomic E-state index is 0.277. The lowest BCUT2D eigenvalue weighted by molar-refractivity contribution is 0.0734. The van der Waals surface area contributed by atoms with Crippen molar-refractivity contribution in [2.45, 2.75) is 117 Å². The van der Waals surface area contributed by atoms with Gasteiger partial charge in [-0.3, -0.25) is 0 Å². The molecule has 1 aliphatic rings. The summed E-state index contributed by atoms with van der Waals surface area (Å²) in [6.07, 6.45) is 21.3. The largest absolute Gasteiger partial charge is 0.423 e. The van der Waals surface area contributed by atoms with Crippen LogP contribution in [0.5, 0.6) is 5.75 Å². The number of carbonyl (C=O) groups is 1. The summed E-state index contributed by atoms with van der Waals surface area (Å²) in [5.74, 6) is 2.31. The Balaban J connectivity index is 1.31. The fraction of sp³-hybridized carbons (Fsp3) is 0.606. The average Bonchev–Trinajstić information content (AvgIpc) is 2.89. The second-order valence-electron chi connectivity index (χ2n) is 10.8. The highest BCUT2D eigenvalue weighted by molar-refractivity contribution is 5.91. The van der Waals surface area contributed by atoms with E-state index in [-0.39, 0.29) is 5.97 Å². The number of ether oxygens (including phenoxy) is 1. The molecule has 0 N–H and O–H groups in total. The van der Waals surface area contributed by atoms with Crippen LogP contribution in [0.4, 0.5) is 0 Å². The molecule has 0 amide bonds. The molecule has 0 saturated heterocycles. The smallest absolute Gasteiger partial charge is 0.343 e. The highest BCUT2D eigenvalue weighted by Crippen LogP contribution is 2.34. The number of rotatable bonds is 15. The van der Waals surface area contributed by atoms with Crippen molar-refractivity contribution in [2.24, 2.45) is 11.8 Å². The van der Waals surface area contributed by atoms with Crippen molar-refractivity contribution in [3.63, 3.8) is 0 Å². The molecule has 1 aliphatic carbocycles. The van der Waals surface area contributed by atoms with Gasteiger partial charge in [-0.2, -0.15) is 0 Å². The van der Waals surface area contributed by atoms with Gasteiger partial charge in [0.1, 0.15) is 5.75 Å². The zero-order chi connectivity index (χ0) is 24.7. The third kappa shape index (κ3) is 10.2. The van der Waals surface area contributed by atoms with Crippen LogP contribution in [-0.2, 0) is 12.8 Å². The summed E-state index contributed by atoms with van der Waals surface area (Å²) >= 11 is 0. The molecule has 35 heavy (non-hydrogen) atoms. The van der Waals surface area contributed by atoms with Gasteiger partial charge in [-0.25, -0.2) is 4.79 Å². The summed E-state index contributed by atoms with van der Waals surface area (Å²) < 4.78 is 5.58. The van der Waals surface area contributed by atoms with Crippen molar-refractivity contribution in [1.82, 2.24) is 0 Å². The first-order valence-corrected chi connectivity index (χ1v) is 14.6. The predicted molar refractivity (Wildman–Crippen MR) is 148 cm³/mol. The van der Waals surface area contributed by atoms with Crippen LogP contribution >= 0.6 is 0 Å². The second kappa shape index (κ2) is 15.8. The van der Waals surface area contributed by atoms with Gasteiger partial charge in [0.2, 0.25) is 0 Å². The number of hydrogen-bond donors (Lipinski definition) is 0. The minimum atomic E-state index is -0.277. The van der Waals surface area contributed by atoms with Gasteiger partial charge in [0.15, 0.2) is 0 Å². The zero-order valence-corrected chi connectivity index (χ0v) is 22.4. The molecule has 0 bridgehead atoms. The maximum Gasteiger partial charge on any atom is 0.343 e. The summed E-state index contributed by atoms with van der Waals surface area (Å²) in [6.45, 7) is 4.52. The number of benzene rings is 2. The molecular formula is C33H48O2. The number of hydrogen-bond acceptors (Lipinski definition) is 2. The molecule has 0 unspecified atom stereocenters. The molecule has 0 heterocycles. The third-order valence-electron chi connectivity index (χ3n) is 7.90. The molecule has 3 rings (SSSR count). The molecule has 0 aromatic heterocycles. The lowest BCUT2D eigenvalue weighted by atomic mass is 9.78. The first-order chi connectivity index (χ1) is 17.2. The summed E-state index contributed by atoms with van der Waals surface area (Å²) in [6, 6.07) is 16.0. The Bertz CT molecular complexity index is 828. The topological polar surface area (TPSA) is 26.3 Å². The molecule has 2 aromatic carbocycles. The minimum Gasteiger partial charge on any atom is -0.423 e. The summed E-state index contributed by atoms with van der Waals surface area (Å²) in [7, 11) is 0. The van der Waals surface area contributed by atoms with Crippen LogP contribution < -0.4 is 4.74 Å². The molecule has 0 aliphatic heterocycles. The Labute approximate surface area is 214 Å². The van der Waals surface area contributed by atoms with E-state index in [9.17, 15) is 4.79 Å². The van der Waals surface area contributed by atoms with Gasteiger partial charge in [-0.05, 0) is 72.9 Å². The van der Waals surface area contributed by atoms with E-state index in [1.165, 1.54) is 101 Å². The van der Waals surface area contributed by atoms with Gasteiger partial charge in [-0.1, -0.05) is 115 Å². The fourth-order valence-corrected chi connectivity index (χ4v) is 5.53. The van der Waals surface area contributed by atoms with Gasteiger partial charge in [0.05, 0.1) is 5.56 Å². The molecule has 1 fully saturated rings. The standard InChI is InChI=1S/C33H48O2/c1-3-5-7-11-27-15-17-28(18-16-27)13-9-10-14-29-19-23-31(24-20-29)33(34)35-32-25-21-30(22-26-32)12-8-6-4-2/h19-28H,3-18H2,1-2H3/t27-,28-. The quantitative estimate of drug-likeness (QED) is 0.145. The molecule has 0 radical (unpaired) electrons. The van der Waals surface area contributed by atoms with Gasteiger partial charge in [0.25, 0.3) is 0 Å². The molecule has 1 saturated carbocycles. The predicted octanol–water partition coefficient (Wildman–Crippen LogP) is 9.74. The monoisotopic (exact) mass is 476 g/mol. The van der Waals surface area contributed by atoms with Crippen molar-refractivity contribution >= 4 is 5.97 Å². The average molecular weight is 477 g/mol. The molecule has 192 valence electrons. The number of carbonyl (C=O) groups excluding carboxylic acids is 1. The van der Waals surface area contributed by atoms with Crippen LogP contribution in [0, 0.1) is 11.8 Å². The normalized spacial score (nSPS) is 17.9. The van der Waals surface area contributed by atoms with Gasteiger partial charge in [0, 0.05) is 0 Å². The van der Waals surface area contributed by atoms with Crippen molar-refractivity contribution in [3.8, 4) is 5.75 Å². The van der Waals surface area contributed by atoms with Crippen molar-refractivity contribution in [2.75, 3.05) is 0 Å². The Hall–Kier alpha value is -2.09. The van der Waals surface area contributed by atoms with Crippen LogP contribution in [0.2, 0.25) is 0 Å². The van der Waals surface area contributed by atoms with E-state index in [2.05, 4.69) is 38.1 Å². The Morgan fingerprint density at radius 2 is 1.11 bits per heavy atom. The van der Waals surface area contributed by atoms with Gasteiger partial charge < -0.3 is 4.74 Å². The second-order valence-corrected chi connectivity index (χ2v) is 10.8. The van der Waals surface area contributed by atoms with E-state index in [4.69, 9.17) is 4.74 Å². The maximum atomic E-state index is 12.5. The molecule has 2 nitrogen and oxygen atoms in total. The summed E-state index contributed by atoms with van der Waals surface area (Å²) in [5.41, 5.74) is 3.24. The highest BCUT2D eigenvalue weighted by Gasteiger charge is 2.20. The Kier molecular flexibility index (Phi) is 12.4. The van der Waals surface area contributed by atoms with Crippen molar-refractivity contribution in [3.05, 3.63) is 65.2 Å². The number of esters is 1. The molecular weight excluding hydrogens is 428 g/mol. The summed E-state index contributed by atoms with van der Waals surface area (Å²) in [5, 5.41) is 0. The summed E-state index contributed by atoms with van der Waals surface area (Å²) in [4.78, 5) is 12.5. The molecule has 0 atom stereocenters. The molecule has 2 heteroatoms. The fourth-order valence-electron chi connectivity index (χ4n) is 5.53. The lowest BCUT2D eigenvalue weighted by Crippen LogP contribution is -2.14. The third-order valence-corrected chi connectivity index (χ3v) is 7.90. The number of unbranched alkanes of at least 4 members (excludes halogenated alkanes) is 5. The van der Waals surface area contributed by atoms with Gasteiger partial charge in [-0.15, -0.1) is 0 Å². The molecule has 2 aromatic rings. The van der Waals surface area contributed by atoms with Gasteiger partial charge >= 0.3 is 5.97 Å². The van der Waals surface area contributed by atoms with Crippen molar-refractivity contribution in [1.29, 1.82) is 0 Å². The lowest BCUT2D eigenvalue weighted by Gasteiger charge is -2.28. The van der Waals surface area contributed by atoms with E-state index < -0.39 is 0 Å². The van der Waals surface area contributed by atoms with Crippen LogP contribution in [0.15, 0.2) is 48.5 Å². The van der Waals surface area contributed by atoms with E-state index >= 15 is 0 Å². The van der Waals surface area contributed by atoms with Crippen LogP contribution in [0.1, 0.15) is 125 Å². The first kappa shape index (κ1) is 27.5. The van der Waals surface area contributed by atoms with E-state index in [1.807, 2.05) is 24.3 Å². The SMILES string of the molecule is CCCCCc1ccc(OC(=O)c2ccc(CCCC[C@H]3CC[C@H](CCCCC)CC3)cc2)cc1. The Morgan fingerprint density at radius 3 is 1.66 bits per heavy atom. The molecule has 0 spiro atoms. The first-order valence-electron chi connectivity index (χ1n) is 14.6. The maximum absolute atomic E-state index is 12.5. The highest BCUT2D eigenvalue weighted by atomic mass is 16.5. The Morgan fingerprint density at radius 1 is 0.657 bits per heavy atom. The van der Waals surface area contributed by atoms with Crippen molar-refractivity contribution < 1.29 is 9.53 Å². The van der Waals surface area contributed by atoms with Crippen LogP contribution in [0.25, 0.3) is 0 Å². The number of aryl methyl sites for hydroxylation is 2. The van der Waals surface area contributed by atoms with E-state index in [0.717, 1.165) is 24.7 Å². The van der Waals surface area contributed by atoms with Crippen LogP contribution in [-0.4, -0.2) is 5.97 Å². The van der Waals surface area contributed by atoms with E-state index in [1.54, 1.807) is 0 Å². The zero-order valence-electron chi connectivity index (χ0n) is 22.4. The van der Waals surface area contributed by atoms with Crippen LogP contribution in [0.3, 0.4) is 0 Å².